The Labute approximate surface area is 188 Å². The molecular weight excluding hydrogens is 406 g/mol. The SMILES string of the molecule is CC(=O)c1c(OCCN2CCOCC2)c(OCC#Cc2ccccc2)c2occc2c1C. The Kier molecular flexibility index (Phi) is 7.10. The number of benzene rings is 2. The summed E-state index contributed by atoms with van der Waals surface area (Å²) >= 11 is 0. The lowest BCUT2D eigenvalue weighted by Gasteiger charge is -2.26. The van der Waals surface area contributed by atoms with Gasteiger partial charge in [0.05, 0.1) is 25.0 Å². The first-order chi connectivity index (χ1) is 15.6. The second-order valence-electron chi connectivity index (χ2n) is 7.64. The summed E-state index contributed by atoms with van der Waals surface area (Å²) in [5.74, 6) is 6.88. The lowest BCUT2D eigenvalue weighted by atomic mass is 9.99. The molecule has 0 aliphatic carbocycles. The normalized spacial score (nSPS) is 14.1. The van der Waals surface area contributed by atoms with Gasteiger partial charge in [0.25, 0.3) is 0 Å². The van der Waals surface area contributed by atoms with E-state index in [1.165, 1.54) is 0 Å². The Hall–Kier alpha value is -3.27. The van der Waals surface area contributed by atoms with Crippen molar-refractivity contribution in [1.29, 1.82) is 0 Å². The minimum Gasteiger partial charge on any atom is -0.487 e. The van der Waals surface area contributed by atoms with Gasteiger partial charge in [0, 0.05) is 30.6 Å². The number of hydrogen-bond donors (Lipinski definition) is 0. The number of fused-ring (bicyclic) bond motifs is 1. The van der Waals surface area contributed by atoms with E-state index in [9.17, 15) is 4.79 Å². The van der Waals surface area contributed by atoms with Crippen LogP contribution in [0.3, 0.4) is 0 Å². The average molecular weight is 434 g/mol. The molecule has 0 N–H and O–H groups in total. The monoisotopic (exact) mass is 433 g/mol. The molecular formula is C26H27NO5. The third kappa shape index (κ3) is 4.96. The molecule has 2 heterocycles. The second kappa shape index (κ2) is 10.4. The van der Waals surface area contributed by atoms with E-state index in [-0.39, 0.29) is 12.4 Å². The smallest absolute Gasteiger partial charge is 0.206 e. The van der Waals surface area contributed by atoms with E-state index in [4.69, 9.17) is 18.6 Å². The van der Waals surface area contributed by atoms with Crippen molar-refractivity contribution in [2.75, 3.05) is 46.1 Å². The molecule has 1 aromatic heterocycles. The van der Waals surface area contributed by atoms with Crippen LogP contribution < -0.4 is 9.47 Å². The molecule has 2 aromatic carbocycles. The molecule has 1 aliphatic rings. The van der Waals surface area contributed by atoms with Gasteiger partial charge in [-0.3, -0.25) is 9.69 Å². The highest BCUT2D eigenvalue weighted by atomic mass is 16.5. The van der Waals surface area contributed by atoms with Crippen LogP contribution in [0, 0.1) is 18.8 Å². The van der Waals surface area contributed by atoms with Crippen LogP contribution in [-0.2, 0) is 4.74 Å². The van der Waals surface area contributed by atoms with Crippen molar-refractivity contribution in [2.45, 2.75) is 13.8 Å². The topological polar surface area (TPSA) is 61.1 Å². The predicted molar refractivity (Wildman–Crippen MR) is 123 cm³/mol. The lowest BCUT2D eigenvalue weighted by Crippen LogP contribution is -2.38. The van der Waals surface area contributed by atoms with Gasteiger partial charge < -0.3 is 18.6 Å². The largest absolute Gasteiger partial charge is 0.487 e. The predicted octanol–water partition coefficient (Wildman–Crippen LogP) is 4.09. The number of carbonyl (C=O) groups excluding carboxylic acids is 1. The summed E-state index contributed by atoms with van der Waals surface area (Å²) in [6.45, 7) is 7.96. The zero-order chi connectivity index (χ0) is 22.3. The molecule has 166 valence electrons. The van der Waals surface area contributed by atoms with Crippen molar-refractivity contribution in [1.82, 2.24) is 4.90 Å². The van der Waals surface area contributed by atoms with Crippen molar-refractivity contribution >= 4 is 16.8 Å². The van der Waals surface area contributed by atoms with Crippen molar-refractivity contribution in [2.24, 2.45) is 0 Å². The van der Waals surface area contributed by atoms with E-state index < -0.39 is 0 Å². The van der Waals surface area contributed by atoms with Gasteiger partial charge in [-0.25, -0.2) is 0 Å². The van der Waals surface area contributed by atoms with Crippen molar-refractivity contribution in [3.8, 4) is 23.3 Å². The third-order valence-corrected chi connectivity index (χ3v) is 5.49. The molecule has 6 nitrogen and oxygen atoms in total. The van der Waals surface area contributed by atoms with Gasteiger partial charge in [-0.05, 0) is 37.6 Å². The lowest BCUT2D eigenvalue weighted by molar-refractivity contribution is 0.0320. The Morgan fingerprint density at radius 1 is 1.09 bits per heavy atom. The molecule has 0 spiro atoms. The van der Waals surface area contributed by atoms with Gasteiger partial charge in [0.2, 0.25) is 5.75 Å². The number of aryl methyl sites for hydroxylation is 1. The van der Waals surface area contributed by atoms with E-state index in [1.54, 1.807) is 13.2 Å². The van der Waals surface area contributed by atoms with Gasteiger partial charge in [0.15, 0.2) is 17.1 Å². The quantitative estimate of drug-likeness (QED) is 0.413. The van der Waals surface area contributed by atoms with Crippen LogP contribution in [0.25, 0.3) is 11.0 Å². The van der Waals surface area contributed by atoms with E-state index in [0.717, 1.165) is 49.4 Å². The summed E-state index contributed by atoms with van der Waals surface area (Å²) in [4.78, 5) is 14.8. The molecule has 0 bridgehead atoms. The summed E-state index contributed by atoms with van der Waals surface area (Å²) in [5, 5.41) is 0.835. The average Bonchev–Trinajstić information content (AvgIpc) is 3.30. The first-order valence-electron chi connectivity index (χ1n) is 10.8. The molecule has 1 aliphatic heterocycles. The number of carbonyl (C=O) groups is 1. The number of rotatable bonds is 7. The standard InChI is InChI=1S/C26H27NO5/c1-19-22-10-15-31-24(22)26(30-14-6-9-21-7-4-3-5-8-21)25(23(19)20(2)28)32-18-13-27-11-16-29-17-12-27/h3-5,7-8,10,15H,11-14,16-18H2,1-2H3. The van der Waals surface area contributed by atoms with Gasteiger partial charge in [-0.1, -0.05) is 30.0 Å². The van der Waals surface area contributed by atoms with Crippen LogP contribution in [0.15, 0.2) is 47.1 Å². The molecule has 0 unspecified atom stereocenters. The molecule has 3 aromatic rings. The fraction of sp³-hybridized carbons (Fsp3) is 0.346. The van der Waals surface area contributed by atoms with Crippen LogP contribution in [0.5, 0.6) is 11.5 Å². The highest BCUT2D eigenvalue weighted by Gasteiger charge is 2.25. The minimum atomic E-state index is -0.0767. The fourth-order valence-corrected chi connectivity index (χ4v) is 3.86. The van der Waals surface area contributed by atoms with Crippen LogP contribution in [-0.4, -0.2) is 56.7 Å². The van der Waals surface area contributed by atoms with Gasteiger partial charge in [-0.2, -0.15) is 0 Å². The number of ketones is 1. The Morgan fingerprint density at radius 2 is 1.88 bits per heavy atom. The summed E-state index contributed by atoms with van der Waals surface area (Å²) in [5.41, 5.74) is 2.82. The summed E-state index contributed by atoms with van der Waals surface area (Å²) in [6.07, 6.45) is 1.60. The number of Topliss-reactive ketones (excluding diaryl/α,β-unsaturated/α-hetero) is 1. The molecule has 4 rings (SSSR count). The molecule has 0 saturated carbocycles. The molecule has 32 heavy (non-hydrogen) atoms. The zero-order valence-electron chi connectivity index (χ0n) is 18.5. The summed E-state index contributed by atoms with van der Waals surface area (Å²) < 4.78 is 23.3. The van der Waals surface area contributed by atoms with Gasteiger partial charge >= 0.3 is 0 Å². The Bertz CT molecular complexity index is 1130. The van der Waals surface area contributed by atoms with E-state index in [1.807, 2.05) is 43.3 Å². The number of furan rings is 1. The van der Waals surface area contributed by atoms with Crippen LogP contribution >= 0.6 is 0 Å². The van der Waals surface area contributed by atoms with Gasteiger partial charge in [-0.15, -0.1) is 0 Å². The minimum absolute atomic E-state index is 0.0767. The number of nitrogens with zero attached hydrogens (tertiary/aromatic N) is 1. The number of hydrogen-bond acceptors (Lipinski definition) is 6. The maximum Gasteiger partial charge on any atom is 0.206 e. The highest BCUT2D eigenvalue weighted by Crippen LogP contribution is 2.42. The molecule has 0 amide bonds. The number of morpholine rings is 1. The van der Waals surface area contributed by atoms with Crippen molar-refractivity contribution < 1.29 is 23.4 Å². The molecule has 1 fully saturated rings. The van der Waals surface area contributed by atoms with E-state index in [2.05, 4.69) is 16.7 Å². The van der Waals surface area contributed by atoms with Gasteiger partial charge in [0.1, 0.15) is 13.2 Å². The second-order valence-corrected chi connectivity index (χ2v) is 7.64. The first kappa shape index (κ1) is 21.9. The Morgan fingerprint density at radius 3 is 2.62 bits per heavy atom. The van der Waals surface area contributed by atoms with Crippen LogP contribution in [0.2, 0.25) is 0 Å². The summed E-state index contributed by atoms with van der Waals surface area (Å²) in [7, 11) is 0. The van der Waals surface area contributed by atoms with Crippen molar-refractivity contribution in [3.63, 3.8) is 0 Å². The Balaban J connectivity index is 1.60. The van der Waals surface area contributed by atoms with Crippen LogP contribution in [0.1, 0.15) is 28.4 Å². The fourth-order valence-electron chi connectivity index (χ4n) is 3.86. The molecule has 0 atom stereocenters. The summed E-state index contributed by atoms with van der Waals surface area (Å²) in [6, 6.07) is 11.6. The third-order valence-electron chi connectivity index (χ3n) is 5.49. The molecule has 1 saturated heterocycles. The van der Waals surface area contributed by atoms with E-state index in [0.29, 0.717) is 29.3 Å². The molecule has 0 radical (unpaired) electrons. The highest BCUT2D eigenvalue weighted by molar-refractivity contribution is 6.05. The molecule has 6 heteroatoms. The zero-order valence-corrected chi connectivity index (χ0v) is 18.5. The van der Waals surface area contributed by atoms with Crippen molar-refractivity contribution in [3.05, 3.63) is 59.4 Å². The first-order valence-corrected chi connectivity index (χ1v) is 10.8. The van der Waals surface area contributed by atoms with E-state index >= 15 is 0 Å². The maximum atomic E-state index is 12.6. The number of ether oxygens (including phenoxy) is 3. The van der Waals surface area contributed by atoms with Crippen LogP contribution in [0.4, 0.5) is 0 Å². The maximum absolute atomic E-state index is 12.6.